The highest BCUT2D eigenvalue weighted by Gasteiger charge is 2.19. The first-order chi connectivity index (χ1) is 8.30. The fourth-order valence-electron chi connectivity index (χ4n) is 2.17. The maximum absolute atomic E-state index is 4.56. The largest absolute Gasteiger partial charge is 0.357 e. The summed E-state index contributed by atoms with van der Waals surface area (Å²) in [6.07, 6.45) is 0. The van der Waals surface area contributed by atoms with Crippen molar-refractivity contribution < 1.29 is 0 Å². The minimum atomic E-state index is 0.128. The third-order valence-corrected chi connectivity index (χ3v) is 3.17. The van der Waals surface area contributed by atoms with E-state index >= 15 is 0 Å². The van der Waals surface area contributed by atoms with E-state index in [1.54, 1.807) is 0 Å². The Labute approximate surface area is 111 Å². The van der Waals surface area contributed by atoms with Crippen molar-refractivity contribution in [1.82, 2.24) is 15.1 Å². The summed E-state index contributed by atoms with van der Waals surface area (Å²) in [6, 6.07) is 0. The van der Waals surface area contributed by atoms with Crippen LogP contribution in [0.2, 0.25) is 0 Å². The zero-order chi connectivity index (χ0) is 13.9. The van der Waals surface area contributed by atoms with Crippen LogP contribution in [0.5, 0.6) is 0 Å². The molecule has 1 N–H and O–H groups in total. The van der Waals surface area contributed by atoms with Gasteiger partial charge in [0.1, 0.15) is 5.82 Å². The van der Waals surface area contributed by atoms with E-state index in [1.807, 2.05) is 11.7 Å². The summed E-state index contributed by atoms with van der Waals surface area (Å²) < 4.78 is 2.00. The Bertz CT molecular complexity index is 383. The predicted molar refractivity (Wildman–Crippen MR) is 78.1 cm³/mol. The van der Waals surface area contributed by atoms with Crippen LogP contribution in [0, 0.1) is 6.92 Å². The molecule has 0 saturated carbocycles. The van der Waals surface area contributed by atoms with Gasteiger partial charge < -0.3 is 10.2 Å². The number of aromatic nitrogens is 2. The van der Waals surface area contributed by atoms with E-state index < -0.39 is 0 Å². The van der Waals surface area contributed by atoms with Gasteiger partial charge in [0.15, 0.2) is 0 Å². The van der Waals surface area contributed by atoms with E-state index in [-0.39, 0.29) is 5.54 Å². The van der Waals surface area contributed by atoms with E-state index in [0.29, 0.717) is 0 Å². The van der Waals surface area contributed by atoms with Crippen LogP contribution >= 0.6 is 0 Å². The molecular formula is C14H28N4. The summed E-state index contributed by atoms with van der Waals surface area (Å²) in [5.41, 5.74) is 2.57. The second-order valence-corrected chi connectivity index (χ2v) is 5.79. The molecule has 1 heterocycles. The lowest BCUT2D eigenvalue weighted by Crippen LogP contribution is -2.36. The zero-order valence-corrected chi connectivity index (χ0v) is 13.0. The van der Waals surface area contributed by atoms with Gasteiger partial charge in [-0.15, -0.1) is 0 Å². The van der Waals surface area contributed by atoms with Gasteiger partial charge in [-0.25, -0.2) is 0 Å². The Morgan fingerprint density at radius 1 is 1.22 bits per heavy atom. The highest BCUT2D eigenvalue weighted by Crippen LogP contribution is 2.23. The van der Waals surface area contributed by atoms with Gasteiger partial charge in [-0.3, -0.25) is 4.68 Å². The highest BCUT2D eigenvalue weighted by molar-refractivity contribution is 5.50. The minimum Gasteiger partial charge on any atom is -0.357 e. The van der Waals surface area contributed by atoms with Crippen molar-refractivity contribution in [2.45, 2.75) is 53.6 Å². The number of nitrogens with one attached hydrogen (secondary N) is 1. The highest BCUT2D eigenvalue weighted by atomic mass is 15.4. The molecule has 1 aromatic rings. The van der Waals surface area contributed by atoms with Crippen LogP contribution in [-0.2, 0) is 13.6 Å². The number of aryl methyl sites for hydroxylation is 2. The molecule has 18 heavy (non-hydrogen) atoms. The Morgan fingerprint density at radius 2 is 1.78 bits per heavy atom. The SMILES string of the molecule is CCN(CC)c1c(CNC(C)(C)C)c(C)nn1C. The maximum Gasteiger partial charge on any atom is 0.131 e. The number of hydrogen-bond donors (Lipinski definition) is 1. The standard InChI is InChI=1S/C14H28N4/c1-8-18(9-2)13-12(10-15-14(4,5)6)11(3)16-17(13)7/h15H,8-10H2,1-7H3. The number of anilines is 1. The minimum absolute atomic E-state index is 0.128. The summed E-state index contributed by atoms with van der Waals surface area (Å²) >= 11 is 0. The van der Waals surface area contributed by atoms with Gasteiger partial charge >= 0.3 is 0 Å². The monoisotopic (exact) mass is 252 g/mol. The molecule has 0 aliphatic heterocycles. The van der Waals surface area contributed by atoms with Gasteiger partial charge in [0.2, 0.25) is 0 Å². The van der Waals surface area contributed by atoms with Crippen molar-refractivity contribution in [3.8, 4) is 0 Å². The third-order valence-electron chi connectivity index (χ3n) is 3.17. The quantitative estimate of drug-likeness (QED) is 0.874. The molecule has 0 saturated heterocycles. The molecule has 104 valence electrons. The first-order valence-electron chi connectivity index (χ1n) is 6.82. The molecule has 4 nitrogen and oxygen atoms in total. The Balaban J connectivity index is 3.02. The normalized spacial score (nSPS) is 11.9. The molecule has 0 aromatic carbocycles. The van der Waals surface area contributed by atoms with Crippen molar-refractivity contribution in [2.24, 2.45) is 7.05 Å². The maximum atomic E-state index is 4.56. The summed E-state index contributed by atoms with van der Waals surface area (Å²) in [6.45, 7) is 15.9. The summed E-state index contributed by atoms with van der Waals surface area (Å²) in [7, 11) is 2.03. The summed E-state index contributed by atoms with van der Waals surface area (Å²) in [4.78, 5) is 2.36. The average Bonchev–Trinajstić information content (AvgIpc) is 2.52. The molecular weight excluding hydrogens is 224 g/mol. The molecule has 1 aromatic heterocycles. The van der Waals surface area contributed by atoms with Crippen LogP contribution in [0.4, 0.5) is 5.82 Å². The predicted octanol–water partition coefficient (Wildman–Crippen LogP) is 2.46. The van der Waals surface area contributed by atoms with Crippen LogP contribution in [0.3, 0.4) is 0 Å². The van der Waals surface area contributed by atoms with Crippen molar-refractivity contribution in [2.75, 3.05) is 18.0 Å². The topological polar surface area (TPSA) is 33.1 Å². The second-order valence-electron chi connectivity index (χ2n) is 5.79. The third kappa shape index (κ3) is 3.48. The van der Waals surface area contributed by atoms with Crippen molar-refractivity contribution in [3.63, 3.8) is 0 Å². The van der Waals surface area contributed by atoms with E-state index in [4.69, 9.17) is 0 Å². The molecule has 0 fully saturated rings. The molecule has 0 bridgehead atoms. The molecule has 1 rings (SSSR count). The number of nitrogens with zero attached hydrogens (tertiary/aromatic N) is 3. The summed E-state index contributed by atoms with van der Waals surface area (Å²) in [5, 5.41) is 8.12. The lowest BCUT2D eigenvalue weighted by molar-refractivity contribution is 0.423. The Kier molecular flexibility index (Phi) is 4.79. The van der Waals surface area contributed by atoms with Gasteiger partial charge in [0, 0.05) is 37.8 Å². The molecule has 0 aliphatic carbocycles. The van der Waals surface area contributed by atoms with Gasteiger partial charge in [-0.1, -0.05) is 0 Å². The molecule has 0 atom stereocenters. The number of hydrogen-bond acceptors (Lipinski definition) is 3. The van der Waals surface area contributed by atoms with Gasteiger partial charge in [-0.2, -0.15) is 5.10 Å². The zero-order valence-electron chi connectivity index (χ0n) is 13.0. The van der Waals surface area contributed by atoms with E-state index in [9.17, 15) is 0 Å². The van der Waals surface area contributed by atoms with Crippen LogP contribution in [-0.4, -0.2) is 28.4 Å². The fraction of sp³-hybridized carbons (Fsp3) is 0.786. The lowest BCUT2D eigenvalue weighted by atomic mass is 10.1. The van der Waals surface area contributed by atoms with Crippen molar-refractivity contribution in [1.29, 1.82) is 0 Å². The van der Waals surface area contributed by atoms with Crippen LogP contribution in [0.1, 0.15) is 45.9 Å². The lowest BCUT2D eigenvalue weighted by Gasteiger charge is -2.25. The molecule has 0 radical (unpaired) electrons. The molecule has 0 amide bonds. The van der Waals surface area contributed by atoms with Crippen molar-refractivity contribution >= 4 is 5.82 Å². The van der Waals surface area contributed by atoms with Gasteiger partial charge in [0.25, 0.3) is 0 Å². The van der Waals surface area contributed by atoms with Crippen LogP contribution < -0.4 is 10.2 Å². The first kappa shape index (κ1) is 15.0. The molecule has 0 unspecified atom stereocenters. The smallest absolute Gasteiger partial charge is 0.131 e. The van der Waals surface area contributed by atoms with Crippen LogP contribution in [0.25, 0.3) is 0 Å². The second kappa shape index (κ2) is 5.74. The van der Waals surface area contributed by atoms with E-state index in [1.165, 1.54) is 11.4 Å². The van der Waals surface area contributed by atoms with Crippen molar-refractivity contribution in [3.05, 3.63) is 11.3 Å². The number of rotatable bonds is 5. The molecule has 4 heteroatoms. The molecule has 0 spiro atoms. The Morgan fingerprint density at radius 3 is 2.22 bits per heavy atom. The van der Waals surface area contributed by atoms with Gasteiger partial charge in [0.05, 0.1) is 5.69 Å². The first-order valence-corrected chi connectivity index (χ1v) is 6.82. The fourth-order valence-corrected chi connectivity index (χ4v) is 2.17. The van der Waals surface area contributed by atoms with E-state index in [2.05, 4.69) is 56.9 Å². The summed E-state index contributed by atoms with van der Waals surface area (Å²) in [5.74, 6) is 1.24. The molecule has 0 aliphatic rings. The van der Waals surface area contributed by atoms with Gasteiger partial charge in [-0.05, 0) is 41.5 Å². The van der Waals surface area contributed by atoms with Crippen LogP contribution in [0.15, 0.2) is 0 Å². The Hall–Kier alpha value is -1.03. The van der Waals surface area contributed by atoms with E-state index in [0.717, 1.165) is 25.3 Å². The average molecular weight is 252 g/mol.